The minimum Gasteiger partial charge on any atom is -0.501 e. The SMILES string of the molecule is COC1=CC(CCN)=C(OC)CC1(C)Cl. The predicted molar refractivity (Wildman–Crippen MR) is 61.7 cm³/mol. The Kier molecular flexibility index (Phi) is 4.05. The Morgan fingerprint density at radius 1 is 1.47 bits per heavy atom. The third-order valence-corrected chi connectivity index (χ3v) is 2.87. The summed E-state index contributed by atoms with van der Waals surface area (Å²) in [5.41, 5.74) is 6.62. The molecule has 1 aliphatic rings. The molecule has 1 unspecified atom stereocenters. The van der Waals surface area contributed by atoms with Gasteiger partial charge in [-0.05, 0) is 31.5 Å². The van der Waals surface area contributed by atoms with Gasteiger partial charge in [0.1, 0.15) is 16.4 Å². The molecule has 0 fully saturated rings. The highest BCUT2D eigenvalue weighted by atomic mass is 35.5. The van der Waals surface area contributed by atoms with Gasteiger partial charge in [0.2, 0.25) is 0 Å². The number of alkyl halides is 1. The Labute approximate surface area is 95.9 Å². The van der Waals surface area contributed by atoms with Crippen molar-refractivity contribution in [1.29, 1.82) is 0 Å². The Morgan fingerprint density at radius 3 is 2.60 bits per heavy atom. The van der Waals surface area contributed by atoms with Crippen LogP contribution in [0.15, 0.2) is 23.2 Å². The lowest BCUT2D eigenvalue weighted by atomic mass is 9.92. The van der Waals surface area contributed by atoms with Crippen molar-refractivity contribution in [2.45, 2.75) is 24.6 Å². The molecule has 2 N–H and O–H groups in total. The fourth-order valence-corrected chi connectivity index (χ4v) is 1.99. The fourth-order valence-electron chi connectivity index (χ4n) is 1.73. The van der Waals surface area contributed by atoms with E-state index >= 15 is 0 Å². The van der Waals surface area contributed by atoms with Crippen LogP contribution in [-0.2, 0) is 9.47 Å². The van der Waals surface area contributed by atoms with Crippen LogP contribution in [0.5, 0.6) is 0 Å². The first-order valence-electron chi connectivity index (χ1n) is 4.96. The molecule has 1 rings (SSSR count). The molecular formula is C11H18ClNO2. The third-order valence-electron chi connectivity index (χ3n) is 2.55. The van der Waals surface area contributed by atoms with Gasteiger partial charge in [-0.15, -0.1) is 11.6 Å². The highest BCUT2D eigenvalue weighted by molar-refractivity contribution is 6.25. The van der Waals surface area contributed by atoms with Gasteiger partial charge in [-0.3, -0.25) is 0 Å². The summed E-state index contributed by atoms with van der Waals surface area (Å²) in [5.74, 6) is 1.67. The summed E-state index contributed by atoms with van der Waals surface area (Å²) in [6.45, 7) is 2.51. The van der Waals surface area contributed by atoms with Gasteiger partial charge in [0.05, 0.1) is 14.2 Å². The standard InChI is InChI=1S/C11H18ClNO2/c1-11(12)7-9(14-2)8(4-5-13)6-10(11)15-3/h6H,4-5,7,13H2,1-3H3. The molecule has 0 aromatic heterocycles. The van der Waals surface area contributed by atoms with Gasteiger partial charge in [0.15, 0.2) is 0 Å². The van der Waals surface area contributed by atoms with Crippen molar-refractivity contribution >= 4 is 11.6 Å². The zero-order chi connectivity index (χ0) is 11.5. The number of nitrogens with two attached hydrogens (primary N) is 1. The maximum absolute atomic E-state index is 6.34. The molecule has 0 aliphatic heterocycles. The van der Waals surface area contributed by atoms with Crippen molar-refractivity contribution < 1.29 is 9.47 Å². The molecular weight excluding hydrogens is 214 g/mol. The molecule has 1 atom stereocenters. The lowest BCUT2D eigenvalue weighted by Crippen LogP contribution is -2.26. The van der Waals surface area contributed by atoms with E-state index in [1.807, 2.05) is 13.0 Å². The van der Waals surface area contributed by atoms with Gasteiger partial charge in [-0.25, -0.2) is 0 Å². The summed E-state index contributed by atoms with van der Waals surface area (Å²) in [4.78, 5) is -0.516. The molecule has 86 valence electrons. The molecule has 0 amide bonds. The number of ether oxygens (including phenoxy) is 2. The van der Waals surface area contributed by atoms with E-state index in [1.54, 1.807) is 14.2 Å². The van der Waals surface area contributed by atoms with Crippen molar-refractivity contribution in [3.8, 4) is 0 Å². The number of hydrogen-bond acceptors (Lipinski definition) is 3. The molecule has 0 saturated carbocycles. The lowest BCUT2D eigenvalue weighted by molar-refractivity contribution is 0.219. The first-order chi connectivity index (χ1) is 7.05. The fraction of sp³-hybridized carbons (Fsp3) is 0.636. The van der Waals surface area contributed by atoms with Crippen molar-refractivity contribution in [1.82, 2.24) is 0 Å². The van der Waals surface area contributed by atoms with E-state index in [9.17, 15) is 0 Å². The third kappa shape index (κ3) is 2.67. The normalized spacial score (nSPS) is 26.3. The van der Waals surface area contributed by atoms with E-state index in [-0.39, 0.29) is 0 Å². The molecule has 1 aliphatic carbocycles. The van der Waals surface area contributed by atoms with Gasteiger partial charge in [0, 0.05) is 6.42 Å². The molecule has 3 nitrogen and oxygen atoms in total. The minimum absolute atomic E-state index is 0.516. The average Bonchev–Trinajstić information content (AvgIpc) is 2.20. The first kappa shape index (κ1) is 12.4. The van der Waals surface area contributed by atoms with E-state index in [4.69, 9.17) is 26.8 Å². The molecule has 0 radical (unpaired) electrons. The second-order valence-corrected chi connectivity index (χ2v) is 4.61. The van der Waals surface area contributed by atoms with Crippen LogP contribution in [-0.4, -0.2) is 25.6 Å². The largest absolute Gasteiger partial charge is 0.501 e. The summed E-state index contributed by atoms with van der Waals surface area (Å²) in [6.07, 6.45) is 3.35. The van der Waals surface area contributed by atoms with Gasteiger partial charge in [-0.1, -0.05) is 0 Å². The van der Waals surface area contributed by atoms with E-state index in [0.29, 0.717) is 13.0 Å². The van der Waals surface area contributed by atoms with Gasteiger partial charge < -0.3 is 15.2 Å². The molecule has 0 spiro atoms. The molecule has 0 saturated heterocycles. The number of methoxy groups -OCH3 is 2. The van der Waals surface area contributed by atoms with Crippen LogP contribution in [0.1, 0.15) is 19.8 Å². The Bertz CT molecular complexity index is 295. The first-order valence-corrected chi connectivity index (χ1v) is 5.34. The maximum atomic E-state index is 6.34. The van der Waals surface area contributed by atoms with E-state index in [2.05, 4.69) is 0 Å². The Hall–Kier alpha value is -0.670. The predicted octanol–water partition coefficient (Wildman–Crippen LogP) is 2.17. The Balaban J connectivity index is 3.02. The van der Waals surface area contributed by atoms with Gasteiger partial charge >= 0.3 is 0 Å². The molecule has 0 heterocycles. The number of rotatable bonds is 4. The number of halogens is 1. The quantitative estimate of drug-likeness (QED) is 0.755. The highest BCUT2D eigenvalue weighted by Crippen LogP contribution is 2.38. The zero-order valence-corrected chi connectivity index (χ0v) is 10.2. The topological polar surface area (TPSA) is 44.5 Å². The van der Waals surface area contributed by atoms with Crippen molar-refractivity contribution in [2.75, 3.05) is 20.8 Å². The molecule has 15 heavy (non-hydrogen) atoms. The van der Waals surface area contributed by atoms with Gasteiger partial charge in [0.25, 0.3) is 0 Å². The smallest absolute Gasteiger partial charge is 0.117 e. The molecule has 4 heteroatoms. The average molecular weight is 232 g/mol. The van der Waals surface area contributed by atoms with Crippen LogP contribution in [0, 0.1) is 0 Å². The van der Waals surface area contributed by atoms with Crippen LogP contribution < -0.4 is 5.73 Å². The van der Waals surface area contributed by atoms with Crippen LogP contribution in [0.25, 0.3) is 0 Å². The summed E-state index contributed by atoms with van der Waals surface area (Å²) in [7, 11) is 3.29. The van der Waals surface area contributed by atoms with Crippen LogP contribution in [0.4, 0.5) is 0 Å². The summed E-state index contributed by atoms with van der Waals surface area (Å²) < 4.78 is 10.6. The second-order valence-electron chi connectivity index (χ2n) is 3.78. The van der Waals surface area contributed by atoms with Crippen molar-refractivity contribution in [2.24, 2.45) is 5.73 Å². The minimum atomic E-state index is -0.516. The van der Waals surface area contributed by atoms with E-state index in [1.165, 1.54) is 0 Å². The van der Waals surface area contributed by atoms with Crippen molar-refractivity contribution in [3.63, 3.8) is 0 Å². The summed E-state index contributed by atoms with van der Waals surface area (Å²) in [6, 6.07) is 0. The zero-order valence-electron chi connectivity index (χ0n) is 9.47. The van der Waals surface area contributed by atoms with Crippen molar-refractivity contribution in [3.05, 3.63) is 23.2 Å². The van der Waals surface area contributed by atoms with E-state index < -0.39 is 4.87 Å². The summed E-state index contributed by atoms with van der Waals surface area (Å²) >= 11 is 6.34. The summed E-state index contributed by atoms with van der Waals surface area (Å²) in [5, 5.41) is 0. The van der Waals surface area contributed by atoms with Crippen LogP contribution in [0.2, 0.25) is 0 Å². The number of allylic oxidation sites excluding steroid dienone is 3. The van der Waals surface area contributed by atoms with E-state index in [0.717, 1.165) is 23.5 Å². The molecule has 0 aromatic rings. The monoisotopic (exact) mass is 231 g/mol. The second kappa shape index (κ2) is 4.90. The van der Waals surface area contributed by atoms with Gasteiger partial charge in [-0.2, -0.15) is 0 Å². The van der Waals surface area contributed by atoms with Crippen LogP contribution >= 0.6 is 11.6 Å². The highest BCUT2D eigenvalue weighted by Gasteiger charge is 2.34. The molecule has 0 aromatic carbocycles. The maximum Gasteiger partial charge on any atom is 0.117 e. The lowest BCUT2D eigenvalue weighted by Gasteiger charge is -2.30. The van der Waals surface area contributed by atoms with Crippen LogP contribution in [0.3, 0.4) is 0 Å². The Morgan fingerprint density at radius 2 is 2.13 bits per heavy atom. The number of hydrogen-bond donors (Lipinski definition) is 1. The molecule has 0 bridgehead atoms.